The Morgan fingerprint density at radius 3 is 2.04 bits per heavy atom. The van der Waals surface area contributed by atoms with Gasteiger partial charge >= 0.3 is 5.97 Å². The third kappa shape index (κ3) is 5.04. The summed E-state index contributed by atoms with van der Waals surface area (Å²) in [5.74, 6) is -1.40. The van der Waals surface area contributed by atoms with E-state index in [1.165, 1.54) is 24.3 Å². The van der Waals surface area contributed by atoms with Crippen LogP contribution in [0.15, 0.2) is 29.2 Å². The normalized spacial score (nSPS) is 12.0. The summed E-state index contributed by atoms with van der Waals surface area (Å²) in [7, 11) is -3.57. The Bertz CT molecular complexity index is 679. The molecule has 0 aliphatic rings. The standard InChI is InChI=1S/C16H24N2O5S/c1-4-16(5-2,11-14(19)20)18-15(21)12-7-9-13(10-8-12)24(22,23)17-6-3/h7-10,17H,4-6,11H2,1-3H3,(H,18,21)(H,19,20). The van der Waals surface area contributed by atoms with E-state index >= 15 is 0 Å². The fraction of sp³-hybridized carbons (Fsp3) is 0.500. The molecule has 1 amide bonds. The lowest BCUT2D eigenvalue weighted by atomic mass is 9.88. The van der Waals surface area contributed by atoms with E-state index in [1.807, 2.05) is 13.8 Å². The van der Waals surface area contributed by atoms with Gasteiger partial charge in [-0.25, -0.2) is 13.1 Å². The maximum atomic E-state index is 12.4. The monoisotopic (exact) mass is 356 g/mol. The summed E-state index contributed by atoms with van der Waals surface area (Å²) in [5.41, 5.74) is -0.542. The molecule has 0 aliphatic carbocycles. The highest BCUT2D eigenvalue weighted by atomic mass is 32.2. The summed E-state index contributed by atoms with van der Waals surface area (Å²) in [5, 5.41) is 11.8. The average Bonchev–Trinajstić information content (AvgIpc) is 2.53. The van der Waals surface area contributed by atoms with Crippen LogP contribution in [0.3, 0.4) is 0 Å². The number of carbonyl (C=O) groups is 2. The van der Waals surface area contributed by atoms with Crippen LogP contribution in [0.5, 0.6) is 0 Å². The second-order valence-corrected chi connectivity index (χ2v) is 7.30. The van der Waals surface area contributed by atoms with E-state index in [0.29, 0.717) is 12.8 Å². The van der Waals surface area contributed by atoms with Crippen LogP contribution in [0.25, 0.3) is 0 Å². The first-order valence-corrected chi connectivity index (χ1v) is 9.32. The largest absolute Gasteiger partial charge is 0.481 e. The number of aliphatic carboxylic acids is 1. The predicted octanol–water partition coefficient (Wildman–Crippen LogP) is 1.75. The molecular formula is C16H24N2O5S. The first-order valence-electron chi connectivity index (χ1n) is 7.83. The molecule has 0 saturated heterocycles. The lowest BCUT2D eigenvalue weighted by molar-refractivity contribution is -0.138. The van der Waals surface area contributed by atoms with Crippen molar-refractivity contribution in [3.63, 3.8) is 0 Å². The SMILES string of the molecule is CCNS(=O)(=O)c1ccc(C(=O)NC(CC)(CC)CC(=O)O)cc1. The van der Waals surface area contributed by atoms with Crippen LogP contribution >= 0.6 is 0 Å². The molecule has 0 saturated carbocycles. The van der Waals surface area contributed by atoms with Gasteiger partial charge in [-0.1, -0.05) is 20.8 Å². The zero-order valence-corrected chi connectivity index (χ0v) is 14.9. The fourth-order valence-corrected chi connectivity index (χ4v) is 3.42. The van der Waals surface area contributed by atoms with Gasteiger partial charge in [0.2, 0.25) is 10.0 Å². The molecular weight excluding hydrogens is 332 g/mol. The molecule has 0 aromatic heterocycles. The average molecular weight is 356 g/mol. The zero-order valence-electron chi connectivity index (χ0n) is 14.1. The van der Waals surface area contributed by atoms with Crippen molar-refractivity contribution in [2.45, 2.75) is 50.5 Å². The van der Waals surface area contributed by atoms with Crippen molar-refractivity contribution >= 4 is 21.9 Å². The van der Waals surface area contributed by atoms with E-state index in [9.17, 15) is 18.0 Å². The summed E-state index contributed by atoms with van der Waals surface area (Å²) in [4.78, 5) is 23.5. The second kappa shape index (κ2) is 8.25. The predicted molar refractivity (Wildman–Crippen MR) is 90.3 cm³/mol. The first-order chi connectivity index (χ1) is 11.2. The molecule has 0 atom stereocenters. The molecule has 1 aromatic rings. The molecule has 1 aromatic carbocycles. The minimum absolute atomic E-state index is 0.0729. The smallest absolute Gasteiger partial charge is 0.305 e. The molecule has 0 aliphatic heterocycles. The van der Waals surface area contributed by atoms with Crippen LogP contribution in [0, 0.1) is 0 Å². The van der Waals surface area contributed by atoms with E-state index < -0.39 is 27.4 Å². The molecule has 7 nitrogen and oxygen atoms in total. The van der Waals surface area contributed by atoms with Gasteiger partial charge in [0.15, 0.2) is 0 Å². The third-order valence-corrected chi connectivity index (χ3v) is 5.54. The number of sulfonamides is 1. The van der Waals surface area contributed by atoms with Crippen LogP contribution in [-0.4, -0.2) is 37.5 Å². The van der Waals surface area contributed by atoms with Crippen molar-refractivity contribution in [3.05, 3.63) is 29.8 Å². The van der Waals surface area contributed by atoms with Crippen molar-refractivity contribution in [1.82, 2.24) is 10.0 Å². The summed E-state index contributed by atoms with van der Waals surface area (Å²) in [6.45, 7) is 5.59. The molecule has 0 spiro atoms. The lowest BCUT2D eigenvalue weighted by Crippen LogP contribution is -2.49. The summed E-state index contributed by atoms with van der Waals surface area (Å²) < 4.78 is 26.1. The Kier molecular flexibility index (Phi) is 6.92. The summed E-state index contributed by atoms with van der Waals surface area (Å²) in [6.07, 6.45) is 0.793. The number of carboxylic acids is 1. The fourth-order valence-electron chi connectivity index (χ4n) is 2.38. The number of carbonyl (C=O) groups excluding carboxylic acids is 1. The number of carboxylic acid groups (broad SMARTS) is 1. The molecule has 3 N–H and O–H groups in total. The second-order valence-electron chi connectivity index (χ2n) is 5.54. The van der Waals surface area contributed by atoms with Gasteiger partial charge in [0.05, 0.1) is 16.9 Å². The van der Waals surface area contributed by atoms with E-state index in [-0.39, 0.29) is 23.4 Å². The quantitative estimate of drug-likeness (QED) is 0.624. The highest BCUT2D eigenvalue weighted by Crippen LogP contribution is 2.21. The number of hydrogen-bond donors (Lipinski definition) is 3. The van der Waals surface area contributed by atoms with Gasteiger partial charge in [0, 0.05) is 12.1 Å². The van der Waals surface area contributed by atoms with Gasteiger partial charge in [-0.05, 0) is 37.1 Å². The van der Waals surface area contributed by atoms with Crippen LogP contribution in [0.4, 0.5) is 0 Å². The summed E-state index contributed by atoms with van der Waals surface area (Å²) >= 11 is 0. The Morgan fingerprint density at radius 1 is 1.08 bits per heavy atom. The molecule has 0 radical (unpaired) electrons. The highest BCUT2D eigenvalue weighted by Gasteiger charge is 2.31. The molecule has 24 heavy (non-hydrogen) atoms. The van der Waals surface area contributed by atoms with Crippen LogP contribution in [0.2, 0.25) is 0 Å². The van der Waals surface area contributed by atoms with Crippen LogP contribution < -0.4 is 10.0 Å². The molecule has 0 heterocycles. The minimum atomic E-state index is -3.57. The van der Waals surface area contributed by atoms with Gasteiger partial charge in [-0.15, -0.1) is 0 Å². The molecule has 134 valence electrons. The number of hydrogen-bond acceptors (Lipinski definition) is 4. The topological polar surface area (TPSA) is 113 Å². The van der Waals surface area contributed by atoms with Crippen LogP contribution in [0.1, 0.15) is 50.4 Å². The molecule has 8 heteroatoms. The molecule has 0 fully saturated rings. The van der Waals surface area contributed by atoms with E-state index in [4.69, 9.17) is 5.11 Å². The number of nitrogens with one attached hydrogen (secondary N) is 2. The Morgan fingerprint density at radius 2 is 1.62 bits per heavy atom. The molecule has 0 unspecified atom stereocenters. The van der Waals surface area contributed by atoms with Gasteiger partial charge < -0.3 is 10.4 Å². The first kappa shape index (κ1) is 20.1. The van der Waals surface area contributed by atoms with Crippen molar-refractivity contribution < 1.29 is 23.1 Å². The van der Waals surface area contributed by atoms with E-state index in [0.717, 1.165) is 0 Å². The Hall–Kier alpha value is -1.93. The third-order valence-electron chi connectivity index (χ3n) is 3.98. The summed E-state index contributed by atoms with van der Waals surface area (Å²) in [6, 6.07) is 5.53. The van der Waals surface area contributed by atoms with Gasteiger partial charge in [-0.3, -0.25) is 9.59 Å². The van der Waals surface area contributed by atoms with Crippen molar-refractivity contribution in [1.29, 1.82) is 0 Å². The molecule has 1 rings (SSSR count). The van der Waals surface area contributed by atoms with Crippen molar-refractivity contribution in [2.24, 2.45) is 0 Å². The van der Waals surface area contributed by atoms with Crippen LogP contribution in [-0.2, 0) is 14.8 Å². The molecule has 0 bridgehead atoms. The minimum Gasteiger partial charge on any atom is -0.481 e. The number of amides is 1. The maximum Gasteiger partial charge on any atom is 0.305 e. The van der Waals surface area contributed by atoms with Gasteiger partial charge in [0.25, 0.3) is 5.91 Å². The Balaban J connectivity index is 2.97. The highest BCUT2D eigenvalue weighted by molar-refractivity contribution is 7.89. The van der Waals surface area contributed by atoms with E-state index in [2.05, 4.69) is 10.0 Å². The van der Waals surface area contributed by atoms with Crippen molar-refractivity contribution in [2.75, 3.05) is 6.54 Å². The maximum absolute atomic E-state index is 12.4. The lowest BCUT2D eigenvalue weighted by Gasteiger charge is -2.31. The Labute approximate surface area is 142 Å². The van der Waals surface area contributed by atoms with Gasteiger partial charge in [0.1, 0.15) is 0 Å². The van der Waals surface area contributed by atoms with E-state index in [1.54, 1.807) is 6.92 Å². The number of rotatable bonds is 9. The van der Waals surface area contributed by atoms with Gasteiger partial charge in [-0.2, -0.15) is 0 Å². The zero-order chi connectivity index (χ0) is 18.4. The van der Waals surface area contributed by atoms with Crippen molar-refractivity contribution in [3.8, 4) is 0 Å². The number of benzene rings is 1.